The molecule has 1 heterocycles. The molecule has 21 heavy (non-hydrogen) atoms. The molecule has 0 amide bonds. The summed E-state index contributed by atoms with van der Waals surface area (Å²) in [5.41, 5.74) is 1.26. The molecule has 2 nitrogen and oxygen atoms in total. The second-order valence-corrected chi connectivity index (χ2v) is 7.25. The Balaban J connectivity index is 2.17. The van der Waals surface area contributed by atoms with Gasteiger partial charge in [-0.05, 0) is 70.4 Å². The third kappa shape index (κ3) is 4.05. The van der Waals surface area contributed by atoms with E-state index < -0.39 is 0 Å². The summed E-state index contributed by atoms with van der Waals surface area (Å²) in [5, 5.41) is 3.63. The van der Waals surface area contributed by atoms with E-state index in [0.717, 1.165) is 23.0 Å². The van der Waals surface area contributed by atoms with E-state index in [-0.39, 0.29) is 11.4 Å². The van der Waals surface area contributed by atoms with Crippen molar-refractivity contribution < 1.29 is 4.39 Å². The van der Waals surface area contributed by atoms with Crippen molar-refractivity contribution in [1.82, 2.24) is 10.2 Å². The maximum absolute atomic E-state index is 13.3. The zero-order chi connectivity index (χ0) is 15.5. The molecule has 1 atom stereocenters. The van der Waals surface area contributed by atoms with Crippen molar-refractivity contribution in [3.05, 3.63) is 34.1 Å². The van der Waals surface area contributed by atoms with Gasteiger partial charge in [-0.15, -0.1) is 0 Å². The van der Waals surface area contributed by atoms with Crippen molar-refractivity contribution >= 4 is 15.9 Å². The van der Waals surface area contributed by atoms with E-state index in [1.54, 1.807) is 12.1 Å². The van der Waals surface area contributed by atoms with Gasteiger partial charge in [-0.25, -0.2) is 4.39 Å². The predicted molar refractivity (Wildman–Crippen MR) is 90.2 cm³/mol. The Morgan fingerprint density at radius 1 is 1.33 bits per heavy atom. The normalized spacial score (nSPS) is 18.1. The molecule has 2 rings (SSSR count). The topological polar surface area (TPSA) is 15.3 Å². The highest BCUT2D eigenvalue weighted by Crippen LogP contribution is 2.28. The van der Waals surface area contributed by atoms with Crippen LogP contribution in [0.2, 0.25) is 0 Å². The van der Waals surface area contributed by atoms with E-state index in [9.17, 15) is 4.39 Å². The second-order valence-electron chi connectivity index (χ2n) is 6.40. The quantitative estimate of drug-likeness (QED) is 0.828. The molecule has 0 spiro atoms. The first-order valence-corrected chi connectivity index (χ1v) is 8.66. The fourth-order valence-corrected chi connectivity index (χ4v) is 3.75. The lowest BCUT2D eigenvalue weighted by molar-refractivity contribution is 0.107. The zero-order valence-electron chi connectivity index (χ0n) is 13.3. The lowest BCUT2D eigenvalue weighted by atomic mass is 9.87. The Hall–Kier alpha value is -0.450. The van der Waals surface area contributed by atoms with Crippen LogP contribution >= 0.6 is 15.9 Å². The van der Waals surface area contributed by atoms with Crippen LogP contribution < -0.4 is 5.32 Å². The van der Waals surface area contributed by atoms with Crippen molar-refractivity contribution in [2.75, 3.05) is 19.6 Å². The Kier molecular flexibility index (Phi) is 5.81. The fourth-order valence-electron chi connectivity index (χ4n) is 3.24. The van der Waals surface area contributed by atoms with Crippen LogP contribution in [0.15, 0.2) is 22.7 Å². The molecule has 1 aliphatic heterocycles. The van der Waals surface area contributed by atoms with Crippen LogP contribution in [0.5, 0.6) is 0 Å². The molecule has 1 fully saturated rings. The van der Waals surface area contributed by atoms with Crippen molar-refractivity contribution in [3.63, 3.8) is 0 Å². The van der Waals surface area contributed by atoms with Crippen LogP contribution in [-0.4, -0.2) is 36.1 Å². The number of halogens is 2. The molecule has 118 valence electrons. The van der Waals surface area contributed by atoms with E-state index in [4.69, 9.17) is 0 Å². The average Bonchev–Trinajstić information content (AvgIpc) is 2.95. The summed E-state index contributed by atoms with van der Waals surface area (Å²) >= 11 is 3.50. The molecule has 0 bridgehead atoms. The largest absolute Gasteiger partial charge is 0.312 e. The molecule has 0 saturated carbocycles. The third-order valence-corrected chi connectivity index (χ3v) is 5.40. The monoisotopic (exact) mass is 356 g/mol. The smallest absolute Gasteiger partial charge is 0.124 e. The highest BCUT2D eigenvalue weighted by molar-refractivity contribution is 9.10. The number of likely N-dealkylation sites (tertiary alicyclic amines) is 1. The van der Waals surface area contributed by atoms with Gasteiger partial charge in [0, 0.05) is 16.1 Å². The summed E-state index contributed by atoms with van der Waals surface area (Å²) < 4.78 is 14.1. The van der Waals surface area contributed by atoms with Crippen molar-refractivity contribution in [3.8, 4) is 0 Å². The minimum Gasteiger partial charge on any atom is -0.312 e. The summed E-state index contributed by atoms with van der Waals surface area (Å²) in [7, 11) is 0. The maximum Gasteiger partial charge on any atom is 0.124 e. The first-order valence-electron chi connectivity index (χ1n) is 7.87. The van der Waals surface area contributed by atoms with Crippen LogP contribution in [0.4, 0.5) is 4.39 Å². The van der Waals surface area contributed by atoms with Crippen LogP contribution in [0.3, 0.4) is 0 Å². The molecule has 1 aromatic carbocycles. The van der Waals surface area contributed by atoms with Gasteiger partial charge in [-0.3, -0.25) is 4.90 Å². The SMILES string of the molecule is CCNC(Cc1ccc(F)cc1Br)C(C)(C)N1CCCC1. The van der Waals surface area contributed by atoms with Crippen LogP contribution in [0, 0.1) is 5.82 Å². The highest BCUT2D eigenvalue weighted by Gasteiger charge is 2.36. The molecule has 1 saturated heterocycles. The number of likely N-dealkylation sites (N-methyl/N-ethyl adjacent to an activating group) is 1. The van der Waals surface area contributed by atoms with E-state index >= 15 is 0 Å². The lowest BCUT2D eigenvalue weighted by Crippen LogP contribution is -2.57. The molecule has 1 aliphatic rings. The minimum absolute atomic E-state index is 0.0976. The van der Waals surface area contributed by atoms with E-state index in [1.807, 2.05) is 6.07 Å². The predicted octanol–water partition coefficient (Wildman–Crippen LogP) is 3.98. The van der Waals surface area contributed by atoms with Crippen LogP contribution in [-0.2, 0) is 6.42 Å². The number of benzene rings is 1. The number of hydrogen-bond acceptors (Lipinski definition) is 2. The Morgan fingerprint density at radius 2 is 2.00 bits per heavy atom. The average molecular weight is 357 g/mol. The molecule has 0 aliphatic carbocycles. The Labute approximate surface area is 136 Å². The van der Waals surface area contributed by atoms with Gasteiger partial charge in [-0.1, -0.05) is 28.9 Å². The standard InChI is InChI=1S/C17H26BrFN2/c1-4-20-16(17(2,3)21-9-5-6-10-21)11-13-7-8-14(19)12-15(13)18/h7-8,12,16,20H,4-6,9-11H2,1-3H3. The number of hydrogen-bond donors (Lipinski definition) is 1. The molecule has 1 unspecified atom stereocenters. The number of nitrogens with zero attached hydrogens (tertiary/aromatic N) is 1. The number of nitrogens with one attached hydrogen (secondary N) is 1. The van der Waals surface area contributed by atoms with Gasteiger partial charge < -0.3 is 5.32 Å². The van der Waals surface area contributed by atoms with E-state index in [1.165, 1.54) is 25.9 Å². The van der Waals surface area contributed by atoms with Gasteiger partial charge in [0.25, 0.3) is 0 Å². The van der Waals surface area contributed by atoms with E-state index in [2.05, 4.69) is 46.9 Å². The van der Waals surface area contributed by atoms with Crippen LogP contribution in [0.25, 0.3) is 0 Å². The van der Waals surface area contributed by atoms with Crippen molar-refractivity contribution in [2.24, 2.45) is 0 Å². The summed E-state index contributed by atoms with van der Waals surface area (Å²) in [5.74, 6) is -0.190. The van der Waals surface area contributed by atoms with Gasteiger partial charge in [0.2, 0.25) is 0 Å². The highest BCUT2D eigenvalue weighted by atomic mass is 79.9. The van der Waals surface area contributed by atoms with Gasteiger partial charge in [0.15, 0.2) is 0 Å². The molecule has 1 aromatic rings. The van der Waals surface area contributed by atoms with Crippen molar-refractivity contribution in [2.45, 2.75) is 51.6 Å². The molecule has 0 radical (unpaired) electrons. The Morgan fingerprint density at radius 3 is 2.57 bits per heavy atom. The summed E-state index contributed by atoms with van der Waals surface area (Å²) in [4.78, 5) is 2.58. The molecule has 4 heteroatoms. The Bertz CT molecular complexity index is 470. The second kappa shape index (κ2) is 7.21. The molecule has 1 N–H and O–H groups in total. The van der Waals surface area contributed by atoms with E-state index in [0.29, 0.717) is 6.04 Å². The van der Waals surface area contributed by atoms with Gasteiger partial charge in [-0.2, -0.15) is 0 Å². The summed E-state index contributed by atoms with van der Waals surface area (Å²) in [6, 6.07) is 5.35. The zero-order valence-corrected chi connectivity index (χ0v) is 14.8. The first kappa shape index (κ1) is 16.9. The van der Waals surface area contributed by atoms with Crippen LogP contribution in [0.1, 0.15) is 39.2 Å². The number of rotatable bonds is 6. The molecule has 0 aromatic heterocycles. The lowest BCUT2D eigenvalue weighted by Gasteiger charge is -2.43. The summed E-state index contributed by atoms with van der Waals surface area (Å²) in [6.07, 6.45) is 3.49. The van der Waals surface area contributed by atoms with Gasteiger partial charge >= 0.3 is 0 Å². The molecular weight excluding hydrogens is 331 g/mol. The first-order chi connectivity index (χ1) is 9.95. The van der Waals surface area contributed by atoms with Crippen molar-refractivity contribution in [1.29, 1.82) is 0 Å². The van der Waals surface area contributed by atoms with Gasteiger partial charge in [0.1, 0.15) is 5.82 Å². The maximum atomic E-state index is 13.3. The third-order valence-electron chi connectivity index (χ3n) is 4.66. The van der Waals surface area contributed by atoms with Gasteiger partial charge in [0.05, 0.1) is 0 Å². The summed E-state index contributed by atoms with van der Waals surface area (Å²) in [6.45, 7) is 10.1. The molecular formula is C17H26BrFN2. The fraction of sp³-hybridized carbons (Fsp3) is 0.647. The minimum atomic E-state index is -0.190.